The van der Waals surface area contributed by atoms with Crippen LogP contribution in [0.3, 0.4) is 0 Å². The molecule has 1 N–H and O–H groups in total. The van der Waals surface area contributed by atoms with Gasteiger partial charge in [-0.25, -0.2) is 4.98 Å². The Labute approximate surface area is 85.8 Å². The molecular formula is C8H11N5S. The first-order valence-corrected chi connectivity index (χ1v) is 5.04. The summed E-state index contributed by atoms with van der Waals surface area (Å²) in [5, 5.41) is 12.1. The number of nitrogens with zero attached hydrogens (tertiary/aromatic N) is 4. The lowest BCUT2D eigenvalue weighted by Gasteiger charge is -1.99. The van der Waals surface area contributed by atoms with E-state index >= 15 is 0 Å². The molecule has 74 valence electrons. The molecule has 0 spiro atoms. The van der Waals surface area contributed by atoms with Crippen LogP contribution in [0.2, 0.25) is 0 Å². The van der Waals surface area contributed by atoms with E-state index in [1.54, 1.807) is 11.3 Å². The van der Waals surface area contributed by atoms with Gasteiger partial charge in [0.15, 0.2) is 5.82 Å². The molecule has 0 bridgehead atoms. The molecular weight excluding hydrogens is 198 g/mol. The molecule has 0 aliphatic heterocycles. The molecule has 2 aromatic heterocycles. The minimum absolute atomic E-state index is 0.756. The maximum Gasteiger partial charge on any atom is 0.224 e. The van der Waals surface area contributed by atoms with Crippen molar-refractivity contribution in [1.82, 2.24) is 19.7 Å². The highest BCUT2D eigenvalue weighted by atomic mass is 32.1. The zero-order chi connectivity index (χ0) is 10.1. The fourth-order valence-electron chi connectivity index (χ4n) is 1.23. The number of hydrogen-bond acceptors (Lipinski definition) is 5. The third kappa shape index (κ3) is 1.37. The van der Waals surface area contributed by atoms with Gasteiger partial charge in [-0.15, -0.1) is 21.5 Å². The van der Waals surface area contributed by atoms with Crippen LogP contribution in [0.1, 0.15) is 5.01 Å². The first kappa shape index (κ1) is 9.14. The highest BCUT2D eigenvalue weighted by molar-refractivity contribution is 7.14. The van der Waals surface area contributed by atoms with Gasteiger partial charge in [0, 0.05) is 20.3 Å². The van der Waals surface area contributed by atoms with Gasteiger partial charge in [0.25, 0.3) is 0 Å². The number of nitrogens with one attached hydrogen (secondary N) is 1. The fourth-order valence-corrected chi connectivity index (χ4v) is 2.02. The molecule has 0 aliphatic rings. The van der Waals surface area contributed by atoms with Gasteiger partial charge in [0.05, 0.1) is 9.88 Å². The van der Waals surface area contributed by atoms with Crippen molar-refractivity contribution < 1.29 is 0 Å². The van der Waals surface area contributed by atoms with Gasteiger partial charge in [0.1, 0.15) is 0 Å². The highest BCUT2D eigenvalue weighted by Crippen LogP contribution is 2.24. The SMILES string of the molecule is CNc1nnc(-c2cnc(C)s2)n1C. The number of rotatable bonds is 2. The molecule has 0 fully saturated rings. The summed E-state index contributed by atoms with van der Waals surface area (Å²) in [5.41, 5.74) is 0. The first-order valence-electron chi connectivity index (χ1n) is 4.22. The quantitative estimate of drug-likeness (QED) is 0.809. The summed E-state index contributed by atoms with van der Waals surface area (Å²) in [5.74, 6) is 1.60. The molecule has 2 heterocycles. The summed E-state index contributed by atoms with van der Waals surface area (Å²) in [6.45, 7) is 1.98. The minimum Gasteiger partial charge on any atom is -0.357 e. The second-order valence-electron chi connectivity index (χ2n) is 2.90. The van der Waals surface area contributed by atoms with Crippen molar-refractivity contribution in [3.8, 4) is 10.7 Å². The fraction of sp³-hybridized carbons (Fsp3) is 0.375. The van der Waals surface area contributed by atoms with E-state index in [1.807, 2.05) is 31.8 Å². The Morgan fingerprint density at radius 3 is 2.71 bits per heavy atom. The van der Waals surface area contributed by atoms with E-state index in [4.69, 9.17) is 0 Å². The summed E-state index contributed by atoms with van der Waals surface area (Å²) in [6.07, 6.45) is 1.82. The Morgan fingerprint density at radius 1 is 1.43 bits per heavy atom. The van der Waals surface area contributed by atoms with Gasteiger partial charge < -0.3 is 5.32 Å². The molecule has 0 saturated carbocycles. The number of aromatic nitrogens is 4. The van der Waals surface area contributed by atoms with Gasteiger partial charge >= 0.3 is 0 Å². The standard InChI is InChI=1S/C8H11N5S/c1-5-10-4-6(14-5)7-11-12-8(9-2)13(7)3/h4H,1-3H3,(H,9,12). The average Bonchev–Trinajstić information content (AvgIpc) is 2.72. The Morgan fingerprint density at radius 2 is 2.21 bits per heavy atom. The summed E-state index contributed by atoms with van der Waals surface area (Å²) in [7, 11) is 3.75. The lowest BCUT2D eigenvalue weighted by molar-refractivity contribution is 0.927. The van der Waals surface area contributed by atoms with Crippen LogP contribution in [0.4, 0.5) is 5.95 Å². The number of thiazole rings is 1. The van der Waals surface area contributed by atoms with Crippen molar-refractivity contribution >= 4 is 17.3 Å². The molecule has 0 aromatic carbocycles. The number of aryl methyl sites for hydroxylation is 1. The first-order chi connectivity index (χ1) is 6.72. The van der Waals surface area contributed by atoms with Crippen LogP contribution in [0.5, 0.6) is 0 Å². The van der Waals surface area contributed by atoms with Crippen molar-refractivity contribution in [2.75, 3.05) is 12.4 Å². The van der Waals surface area contributed by atoms with E-state index in [1.165, 1.54) is 0 Å². The Kier molecular flexibility index (Phi) is 2.20. The van der Waals surface area contributed by atoms with Gasteiger partial charge in [0.2, 0.25) is 5.95 Å². The van der Waals surface area contributed by atoms with Gasteiger partial charge in [-0.1, -0.05) is 0 Å². The lowest BCUT2D eigenvalue weighted by Crippen LogP contribution is -1.98. The molecule has 0 amide bonds. The molecule has 0 radical (unpaired) electrons. The number of hydrogen-bond donors (Lipinski definition) is 1. The molecule has 5 nitrogen and oxygen atoms in total. The lowest BCUT2D eigenvalue weighted by atomic mass is 10.5. The third-order valence-corrected chi connectivity index (χ3v) is 2.85. The van der Waals surface area contributed by atoms with Crippen LogP contribution >= 0.6 is 11.3 Å². The van der Waals surface area contributed by atoms with Crippen molar-refractivity contribution in [3.05, 3.63) is 11.2 Å². The molecule has 14 heavy (non-hydrogen) atoms. The van der Waals surface area contributed by atoms with Gasteiger partial charge in [-0.3, -0.25) is 4.57 Å². The second kappa shape index (κ2) is 3.38. The monoisotopic (exact) mass is 209 g/mol. The summed E-state index contributed by atoms with van der Waals surface area (Å²) < 4.78 is 1.91. The third-order valence-electron chi connectivity index (χ3n) is 1.94. The van der Waals surface area contributed by atoms with E-state index in [0.717, 1.165) is 21.7 Å². The predicted octanol–water partition coefficient (Wildman–Crippen LogP) is 1.29. The molecule has 0 saturated heterocycles. The Balaban J connectivity index is 2.46. The molecule has 2 rings (SSSR count). The van der Waals surface area contributed by atoms with E-state index < -0.39 is 0 Å². The number of anilines is 1. The highest BCUT2D eigenvalue weighted by Gasteiger charge is 2.11. The van der Waals surface area contributed by atoms with Crippen molar-refractivity contribution in [2.45, 2.75) is 6.92 Å². The molecule has 0 aliphatic carbocycles. The maximum atomic E-state index is 4.19. The van der Waals surface area contributed by atoms with Crippen LogP contribution in [-0.2, 0) is 7.05 Å². The van der Waals surface area contributed by atoms with Crippen LogP contribution in [-0.4, -0.2) is 26.8 Å². The summed E-state index contributed by atoms with van der Waals surface area (Å²) >= 11 is 1.62. The van der Waals surface area contributed by atoms with Crippen molar-refractivity contribution in [3.63, 3.8) is 0 Å². The van der Waals surface area contributed by atoms with Crippen LogP contribution in [0, 0.1) is 6.92 Å². The molecule has 0 atom stereocenters. The smallest absolute Gasteiger partial charge is 0.224 e. The zero-order valence-corrected chi connectivity index (χ0v) is 9.09. The van der Waals surface area contributed by atoms with Gasteiger partial charge in [-0.2, -0.15) is 0 Å². The summed E-state index contributed by atoms with van der Waals surface area (Å²) in [6, 6.07) is 0. The average molecular weight is 209 g/mol. The molecule has 2 aromatic rings. The van der Waals surface area contributed by atoms with E-state index in [-0.39, 0.29) is 0 Å². The van der Waals surface area contributed by atoms with Crippen molar-refractivity contribution in [1.29, 1.82) is 0 Å². The topological polar surface area (TPSA) is 55.6 Å². The molecule has 0 unspecified atom stereocenters. The van der Waals surface area contributed by atoms with E-state index in [0.29, 0.717) is 0 Å². The zero-order valence-electron chi connectivity index (χ0n) is 8.27. The van der Waals surface area contributed by atoms with Crippen LogP contribution < -0.4 is 5.32 Å². The molecule has 6 heteroatoms. The normalized spacial score (nSPS) is 10.5. The minimum atomic E-state index is 0.756. The Hall–Kier alpha value is -1.43. The maximum absolute atomic E-state index is 4.19. The predicted molar refractivity (Wildman–Crippen MR) is 56.4 cm³/mol. The van der Waals surface area contributed by atoms with Crippen LogP contribution in [0.15, 0.2) is 6.20 Å². The Bertz CT molecular complexity index is 444. The van der Waals surface area contributed by atoms with E-state index in [2.05, 4.69) is 20.5 Å². The largest absolute Gasteiger partial charge is 0.357 e. The van der Waals surface area contributed by atoms with Gasteiger partial charge in [-0.05, 0) is 6.92 Å². The second-order valence-corrected chi connectivity index (χ2v) is 4.13. The van der Waals surface area contributed by atoms with E-state index in [9.17, 15) is 0 Å². The summed E-state index contributed by atoms with van der Waals surface area (Å²) in [4.78, 5) is 5.23. The van der Waals surface area contributed by atoms with Crippen LogP contribution in [0.25, 0.3) is 10.7 Å². The van der Waals surface area contributed by atoms with Crippen molar-refractivity contribution in [2.24, 2.45) is 7.05 Å².